The van der Waals surface area contributed by atoms with Gasteiger partial charge < -0.3 is 8.80 Å². The Bertz CT molecular complexity index is 4160. The molecule has 0 unspecified atom stereocenters. The first kappa shape index (κ1) is 37.3. The van der Waals surface area contributed by atoms with Crippen LogP contribution >= 0.6 is 0 Å². The molecule has 2 nitrogen and oxygen atoms in total. The molecule has 4 aromatic heterocycles. The average molecular weight is 861 g/mol. The van der Waals surface area contributed by atoms with Crippen molar-refractivity contribution in [1.29, 1.82) is 0 Å². The third-order valence-corrected chi connectivity index (χ3v) is 14.8. The van der Waals surface area contributed by atoms with Crippen molar-refractivity contribution in [2.75, 3.05) is 0 Å². The van der Waals surface area contributed by atoms with E-state index in [2.05, 4.69) is 251 Å². The van der Waals surface area contributed by atoms with Gasteiger partial charge in [0.15, 0.2) is 0 Å². The van der Waals surface area contributed by atoms with Crippen molar-refractivity contribution in [3.05, 3.63) is 243 Å². The summed E-state index contributed by atoms with van der Waals surface area (Å²) in [5.41, 5.74) is 22.1. The summed E-state index contributed by atoms with van der Waals surface area (Å²) in [7, 11) is 0. The maximum atomic E-state index is 2.57. The van der Waals surface area contributed by atoms with Gasteiger partial charge in [-0.05, 0) is 115 Å². The van der Waals surface area contributed by atoms with Crippen LogP contribution in [0.3, 0.4) is 0 Å². The largest absolute Gasteiger partial charge is 0.308 e. The normalized spacial score (nSPS) is 12.1. The van der Waals surface area contributed by atoms with Crippen LogP contribution in [0, 0.1) is 0 Å². The zero-order chi connectivity index (χ0) is 44.5. The molecule has 11 aromatic carbocycles. The minimum atomic E-state index is 1.21. The third kappa shape index (κ3) is 5.23. The van der Waals surface area contributed by atoms with Gasteiger partial charge in [0.05, 0.1) is 33.1 Å². The first-order chi connectivity index (χ1) is 33.8. The summed E-state index contributed by atoms with van der Waals surface area (Å²) in [5.74, 6) is 0. The first-order valence-corrected chi connectivity index (χ1v) is 23.6. The molecule has 15 rings (SSSR count). The minimum absolute atomic E-state index is 1.21. The number of benzene rings is 11. The van der Waals surface area contributed by atoms with E-state index in [1.807, 2.05) is 0 Å². The molecule has 0 N–H and O–H groups in total. The second-order valence-corrected chi connectivity index (χ2v) is 18.4. The van der Waals surface area contributed by atoms with E-state index >= 15 is 0 Å². The van der Waals surface area contributed by atoms with E-state index < -0.39 is 0 Å². The van der Waals surface area contributed by atoms with Gasteiger partial charge in [0, 0.05) is 43.1 Å². The van der Waals surface area contributed by atoms with Crippen LogP contribution in [0.25, 0.3) is 143 Å². The summed E-state index contributed by atoms with van der Waals surface area (Å²) in [6.07, 6.45) is 0. The van der Waals surface area contributed by atoms with Gasteiger partial charge in [-0.2, -0.15) is 0 Å². The number of para-hydroxylation sites is 2. The number of aromatic nitrogens is 2. The molecule has 0 aliphatic heterocycles. The van der Waals surface area contributed by atoms with Crippen LogP contribution in [0.1, 0.15) is 0 Å². The van der Waals surface area contributed by atoms with Crippen LogP contribution < -0.4 is 0 Å². The molecule has 0 amide bonds. The topological polar surface area (TPSA) is 8.82 Å². The predicted octanol–water partition coefficient (Wildman–Crippen LogP) is 18.0. The molecule has 0 saturated heterocycles. The quantitative estimate of drug-likeness (QED) is 0.157. The Balaban J connectivity index is 1.06. The number of hydrogen-bond acceptors (Lipinski definition) is 0. The molecular weight excluding hydrogens is 821 g/mol. The van der Waals surface area contributed by atoms with Gasteiger partial charge >= 0.3 is 0 Å². The van der Waals surface area contributed by atoms with Gasteiger partial charge in [0.2, 0.25) is 0 Å². The fraction of sp³-hybridized carbons (Fsp3) is 0. The lowest BCUT2D eigenvalue weighted by Crippen LogP contribution is -1.88. The highest BCUT2D eigenvalue weighted by molar-refractivity contribution is 6.45. The smallest absolute Gasteiger partial charge is 0.0634 e. The molecule has 0 saturated carbocycles. The summed E-state index contributed by atoms with van der Waals surface area (Å²) in [6, 6.07) is 89.7. The van der Waals surface area contributed by atoms with Crippen molar-refractivity contribution < 1.29 is 0 Å². The maximum Gasteiger partial charge on any atom is 0.0634 e. The standard InChI is InChI=1S/C66H40N2/c1-5-17-41(18-6-1)45-29-33-49(43-21-9-3-10-22-43)53(37-45)47-31-35-59-55(39-47)63-61-51-25-13-16-28-58(51)68-60-36-32-48(40-56(60)64(66(61)68)62-52-26-14-15-27-57(52)67(59)65(62)63)54-38-46(42-19-7-2-8-20-42)30-34-50(54)44-23-11-4-12-24-44/h1-40H. The Kier molecular flexibility index (Phi) is 7.81. The van der Waals surface area contributed by atoms with Gasteiger partial charge in [-0.15, -0.1) is 0 Å². The van der Waals surface area contributed by atoms with Crippen LogP contribution in [0.15, 0.2) is 243 Å². The summed E-state index contributed by atoms with van der Waals surface area (Å²) < 4.78 is 5.14. The third-order valence-electron chi connectivity index (χ3n) is 14.8. The summed E-state index contributed by atoms with van der Waals surface area (Å²) >= 11 is 0. The van der Waals surface area contributed by atoms with Crippen molar-refractivity contribution in [2.45, 2.75) is 0 Å². The van der Waals surface area contributed by atoms with E-state index in [0.717, 1.165) is 0 Å². The number of rotatable bonds is 6. The lowest BCUT2D eigenvalue weighted by atomic mass is 9.89. The molecule has 0 aliphatic rings. The van der Waals surface area contributed by atoms with Crippen LogP contribution in [0.2, 0.25) is 0 Å². The Hall–Kier alpha value is -8.98. The van der Waals surface area contributed by atoms with Gasteiger partial charge in [-0.3, -0.25) is 0 Å². The van der Waals surface area contributed by atoms with Crippen molar-refractivity contribution in [3.8, 4) is 66.8 Å². The number of hydrogen-bond donors (Lipinski definition) is 0. The summed E-state index contributed by atoms with van der Waals surface area (Å²) in [4.78, 5) is 0. The molecular formula is C66H40N2. The Morgan fingerprint density at radius 3 is 0.926 bits per heavy atom. The second kappa shape index (κ2) is 14.3. The van der Waals surface area contributed by atoms with Gasteiger partial charge in [-0.1, -0.05) is 194 Å². The van der Waals surface area contributed by atoms with Crippen LogP contribution in [-0.4, -0.2) is 8.80 Å². The lowest BCUT2D eigenvalue weighted by Gasteiger charge is -2.14. The first-order valence-electron chi connectivity index (χ1n) is 23.6. The van der Waals surface area contributed by atoms with E-state index in [1.54, 1.807) is 0 Å². The second-order valence-electron chi connectivity index (χ2n) is 18.4. The SMILES string of the molecule is c1ccc(-c2ccc(-c3ccccc3)c(-c3ccc4c(c3)c3c5c6ccccc6n6c7ccc(-c8cc(-c9ccccc9)ccc8-c8ccccc8)cc7c(c7c8ccccc8n4c73)c56)c2)cc1. The lowest BCUT2D eigenvalue weighted by molar-refractivity contribution is 1.37. The molecule has 68 heavy (non-hydrogen) atoms. The Labute approximate surface area is 392 Å². The fourth-order valence-electron chi connectivity index (χ4n) is 11.8. The Morgan fingerprint density at radius 2 is 0.515 bits per heavy atom. The molecule has 4 heterocycles. The van der Waals surface area contributed by atoms with E-state index in [-0.39, 0.29) is 0 Å². The van der Waals surface area contributed by atoms with Gasteiger partial charge in [-0.25, -0.2) is 0 Å². The fourth-order valence-corrected chi connectivity index (χ4v) is 11.8. The average Bonchev–Trinajstić information content (AvgIpc) is 4.15. The number of fused-ring (bicyclic) bond motifs is 14. The highest BCUT2D eigenvalue weighted by Gasteiger charge is 2.29. The van der Waals surface area contributed by atoms with Crippen LogP contribution in [0.4, 0.5) is 0 Å². The summed E-state index contributed by atoms with van der Waals surface area (Å²) in [6.45, 7) is 0. The zero-order valence-corrected chi connectivity index (χ0v) is 37.0. The van der Waals surface area contributed by atoms with Crippen molar-refractivity contribution in [2.24, 2.45) is 0 Å². The molecule has 2 heteroatoms. The van der Waals surface area contributed by atoms with E-state index in [0.29, 0.717) is 0 Å². The predicted molar refractivity (Wildman–Crippen MR) is 288 cm³/mol. The van der Waals surface area contributed by atoms with Gasteiger partial charge in [0.25, 0.3) is 0 Å². The molecule has 0 aliphatic carbocycles. The molecule has 314 valence electrons. The van der Waals surface area contributed by atoms with E-state index in [9.17, 15) is 0 Å². The van der Waals surface area contributed by atoms with Crippen LogP contribution in [0.5, 0.6) is 0 Å². The number of nitrogens with zero attached hydrogens (tertiary/aromatic N) is 2. The highest BCUT2D eigenvalue weighted by atomic mass is 14.9. The molecule has 0 atom stereocenters. The molecule has 0 spiro atoms. The highest BCUT2D eigenvalue weighted by Crippen LogP contribution is 2.53. The minimum Gasteiger partial charge on any atom is -0.308 e. The monoisotopic (exact) mass is 860 g/mol. The molecule has 0 bridgehead atoms. The molecule has 0 radical (unpaired) electrons. The van der Waals surface area contributed by atoms with Crippen molar-refractivity contribution in [3.63, 3.8) is 0 Å². The molecule has 0 fully saturated rings. The maximum absolute atomic E-state index is 2.57. The van der Waals surface area contributed by atoms with E-state index in [1.165, 1.54) is 143 Å². The molecule has 15 aromatic rings. The van der Waals surface area contributed by atoms with Crippen molar-refractivity contribution in [1.82, 2.24) is 8.80 Å². The van der Waals surface area contributed by atoms with E-state index in [4.69, 9.17) is 0 Å². The summed E-state index contributed by atoms with van der Waals surface area (Å²) in [5, 5.41) is 10.4. The zero-order valence-electron chi connectivity index (χ0n) is 37.0. The Morgan fingerprint density at radius 1 is 0.191 bits per heavy atom. The van der Waals surface area contributed by atoms with Crippen molar-refractivity contribution >= 4 is 76.2 Å². The van der Waals surface area contributed by atoms with Crippen LogP contribution in [-0.2, 0) is 0 Å². The van der Waals surface area contributed by atoms with Gasteiger partial charge in [0.1, 0.15) is 0 Å².